The zero-order valence-corrected chi connectivity index (χ0v) is 13.6. The summed E-state index contributed by atoms with van der Waals surface area (Å²) < 4.78 is 13.0. The average molecular weight is 319 g/mol. The average Bonchev–Trinajstić information content (AvgIpc) is 2.99. The van der Waals surface area contributed by atoms with Crippen molar-refractivity contribution in [2.45, 2.75) is 6.92 Å². The number of ether oxygens (including phenoxy) is 2. The van der Waals surface area contributed by atoms with Crippen LogP contribution in [0.4, 0.5) is 0 Å². The molecule has 0 unspecified atom stereocenters. The van der Waals surface area contributed by atoms with Gasteiger partial charge in [-0.25, -0.2) is 9.97 Å². The summed E-state index contributed by atoms with van der Waals surface area (Å²) in [7, 11) is 1.63. The molecule has 3 aromatic heterocycles. The molecule has 0 aliphatic rings. The molecular formula is C19H17N3O2. The molecule has 120 valence electrons. The van der Waals surface area contributed by atoms with Crippen molar-refractivity contribution < 1.29 is 9.47 Å². The second kappa shape index (κ2) is 5.85. The van der Waals surface area contributed by atoms with Crippen molar-refractivity contribution in [1.29, 1.82) is 0 Å². The third kappa shape index (κ3) is 2.34. The number of methoxy groups -OCH3 is 1. The highest BCUT2D eigenvalue weighted by molar-refractivity contribution is 5.83. The Labute approximate surface area is 139 Å². The van der Waals surface area contributed by atoms with Crippen LogP contribution in [0.25, 0.3) is 27.8 Å². The first kappa shape index (κ1) is 14.5. The normalized spacial score (nSPS) is 11.1. The van der Waals surface area contributed by atoms with Crippen molar-refractivity contribution in [3.63, 3.8) is 0 Å². The predicted molar refractivity (Wildman–Crippen MR) is 93.7 cm³/mol. The van der Waals surface area contributed by atoms with Crippen molar-refractivity contribution in [2.24, 2.45) is 0 Å². The van der Waals surface area contributed by atoms with Gasteiger partial charge in [0.05, 0.1) is 24.8 Å². The molecule has 5 nitrogen and oxygen atoms in total. The van der Waals surface area contributed by atoms with E-state index < -0.39 is 0 Å². The van der Waals surface area contributed by atoms with Crippen molar-refractivity contribution in [3.8, 4) is 22.8 Å². The number of benzene rings is 1. The smallest absolute Gasteiger partial charge is 0.221 e. The number of aromatic nitrogens is 3. The van der Waals surface area contributed by atoms with E-state index in [9.17, 15) is 0 Å². The number of rotatable bonds is 4. The summed E-state index contributed by atoms with van der Waals surface area (Å²) in [5.41, 5.74) is 4.81. The molecule has 3 heterocycles. The minimum atomic E-state index is 0.608. The molecule has 4 rings (SSSR count). The highest BCUT2D eigenvalue weighted by Gasteiger charge is 2.10. The van der Waals surface area contributed by atoms with Crippen LogP contribution in [-0.2, 0) is 0 Å². The predicted octanol–water partition coefficient (Wildman–Crippen LogP) is 3.96. The van der Waals surface area contributed by atoms with Gasteiger partial charge in [0, 0.05) is 24.0 Å². The molecule has 1 aromatic carbocycles. The van der Waals surface area contributed by atoms with E-state index in [4.69, 9.17) is 14.5 Å². The zero-order chi connectivity index (χ0) is 16.5. The lowest BCUT2D eigenvalue weighted by atomic mass is 10.1. The van der Waals surface area contributed by atoms with Gasteiger partial charge in [0.2, 0.25) is 5.88 Å². The largest absolute Gasteiger partial charge is 0.494 e. The van der Waals surface area contributed by atoms with Gasteiger partial charge in [-0.2, -0.15) is 0 Å². The van der Waals surface area contributed by atoms with Gasteiger partial charge in [-0.15, -0.1) is 0 Å². The summed E-state index contributed by atoms with van der Waals surface area (Å²) in [6.45, 7) is 2.62. The van der Waals surface area contributed by atoms with Crippen molar-refractivity contribution in [1.82, 2.24) is 14.4 Å². The summed E-state index contributed by atoms with van der Waals surface area (Å²) >= 11 is 0. The van der Waals surface area contributed by atoms with Crippen LogP contribution in [0.15, 0.2) is 54.9 Å². The standard InChI is InChI=1S/C19H17N3O2/c1-3-24-14-6-7-16-17(12-14)22-10-8-13(11-18(22)21-16)15-5-4-9-20-19(15)23-2/h4-12H,3H2,1-2H3. The number of pyridine rings is 2. The molecule has 24 heavy (non-hydrogen) atoms. The summed E-state index contributed by atoms with van der Waals surface area (Å²) in [5, 5.41) is 0. The first-order chi connectivity index (χ1) is 11.8. The third-order valence-electron chi connectivity index (χ3n) is 3.96. The number of imidazole rings is 1. The molecule has 0 bridgehead atoms. The van der Waals surface area contributed by atoms with Gasteiger partial charge in [0.15, 0.2) is 0 Å². The lowest BCUT2D eigenvalue weighted by molar-refractivity contribution is 0.340. The molecule has 0 amide bonds. The Morgan fingerprint density at radius 3 is 2.88 bits per heavy atom. The number of fused-ring (bicyclic) bond motifs is 3. The Hall–Kier alpha value is -3.08. The molecule has 4 aromatic rings. The maximum Gasteiger partial charge on any atom is 0.221 e. The molecule has 0 spiro atoms. The highest BCUT2D eigenvalue weighted by Crippen LogP contribution is 2.30. The lowest BCUT2D eigenvalue weighted by Gasteiger charge is -2.07. The lowest BCUT2D eigenvalue weighted by Crippen LogP contribution is -1.92. The van der Waals surface area contributed by atoms with Gasteiger partial charge >= 0.3 is 0 Å². The molecule has 5 heteroatoms. The molecule has 0 aliphatic heterocycles. The SMILES string of the molecule is CCOc1ccc2nc3cc(-c4cccnc4OC)ccn3c2c1. The van der Waals surface area contributed by atoms with E-state index in [1.807, 2.05) is 55.6 Å². The summed E-state index contributed by atoms with van der Waals surface area (Å²) in [6, 6.07) is 13.9. The number of nitrogens with zero attached hydrogens (tertiary/aromatic N) is 3. The minimum absolute atomic E-state index is 0.608. The van der Waals surface area contributed by atoms with Gasteiger partial charge in [-0.05, 0) is 48.9 Å². The van der Waals surface area contributed by atoms with Gasteiger partial charge in [0.25, 0.3) is 0 Å². The molecular weight excluding hydrogens is 302 g/mol. The van der Waals surface area contributed by atoms with Crippen molar-refractivity contribution in [3.05, 3.63) is 54.9 Å². The van der Waals surface area contributed by atoms with E-state index in [0.29, 0.717) is 12.5 Å². The fourth-order valence-electron chi connectivity index (χ4n) is 2.89. The maximum atomic E-state index is 5.59. The first-order valence-corrected chi connectivity index (χ1v) is 7.84. The topological polar surface area (TPSA) is 48.7 Å². The van der Waals surface area contributed by atoms with E-state index in [-0.39, 0.29) is 0 Å². The number of hydrogen-bond acceptors (Lipinski definition) is 4. The minimum Gasteiger partial charge on any atom is -0.494 e. The quantitative estimate of drug-likeness (QED) is 0.571. The Bertz CT molecular complexity index is 1020. The Morgan fingerprint density at radius 2 is 2.04 bits per heavy atom. The van der Waals surface area contributed by atoms with Crippen LogP contribution < -0.4 is 9.47 Å². The molecule has 0 saturated carbocycles. The van der Waals surface area contributed by atoms with Crippen LogP contribution >= 0.6 is 0 Å². The van der Waals surface area contributed by atoms with E-state index in [1.54, 1.807) is 13.3 Å². The summed E-state index contributed by atoms with van der Waals surface area (Å²) in [6.07, 6.45) is 3.74. The van der Waals surface area contributed by atoms with Crippen molar-refractivity contribution in [2.75, 3.05) is 13.7 Å². The number of hydrogen-bond donors (Lipinski definition) is 0. The van der Waals surface area contributed by atoms with Crippen molar-refractivity contribution >= 4 is 16.7 Å². The van der Waals surface area contributed by atoms with E-state index >= 15 is 0 Å². The van der Waals surface area contributed by atoms with Gasteiger partial charge in [-0.1, -0.05) is 0 Å². The summed E-state index contributed by atoms with van der Waals surface area (Å²) in [5.74, 6) is 1.46. The van der Waals surface area contributed by atoms with Gasteiger partial charge < -0.3 is 9.47 Å². The third-order valence-corrected chi connectivity index (χ3v) is 3.96. The molecule has 0 radical (unpaired) electrons. The second-order valence-corrected chi connectivity index (χ2v) is 5.40. The maximum absolute atomic E-state index is 5.59. The molecule has 0 fully saturated rings. The van der Waals surface area contributed by atoms with Crippen LogP contribution in [0.3, 0.4) is 0 Å². The Balaban J connectivity index is 1.88. The van der Waals surface area contributed by atoms with Crippen LogP contribution in [0.1, 0.15) is 6.92 Å². The monoisotopic (exact) mass is 319 g/mol. The molecule has 0 atom stereocenters. The Kier molecular flexibility index (Phi) is 3.54. The first-order valence-electron chi connectivity index (χ1n) is 7.84. The van der Waals surface area contributed by atoms with Gasteiger partial charge in [0.1, 0.15) is 11.4 Å². The van der Waals surface area contributed by atoms with E-state index in [0.717, 1.165) is 33.6 Å². The van der Waals surface area contributed by atoms with Crippen LogP contribution in [0.5, 0.6) is 11.6 Å². The zero-order valence-electron chi connectivity index (χ0n) is 13.6. The summed E-state index contributed by atoms with van der Waals surface area (Å²) in [4.78, 5) is 8.97. The van der Waals surface area contributed by atoms with E-state index in [1.165, 1.54) is 0 Å². The highest BCUT2D eigenvalue weighted by atomic mass is 16.5. The molecule has 0 N–H and O–H groups in total. The van der Waals surface area contributed by atoms with E-state index in [2.05, 4.69) is 9.38 Å². The van der Waals surface area contributed by atoms with Crippen LogP contribution in [0.2, 0.25) is 0 Å². The van der Waals surface area contributed by atoms with Gasteiger partial charge in [-0.3, -0.25) is 4.40 Å². The second-order valence-electron chi connectivity index (χ2n) is 5.40. The Morgan fingerprint density at radius 1 is 1.12 bits per heavy atom. The van der Waals surface area contributed by atoms with Crippen LogP contribution in [0, 0.1) is 0 Å². The fraction of sp³-hybridized carbons (Fsp3) is 0.158. The molecule has 0 aliphatic carbocycles. The molecule has 0 saturated heterocycles. The van der Waals surface area contributed by atoms with Crippen LogP contribution in [-0.4, -0.2) is 28.1 Å². The fourth-order valence-corrected chi connectivity index (χ4v) is 2.89.